The molecule has 3 nitrogen and oxygen atoms in total. The summed E-state index contributed by atoms with van der Waals surface area (Å²) in [6.45, 7) is 7.32. The van der Waals surface area contributed by atoms with Crippen molar-refractivity contribution in [2.24, 2.45) is 0 Å². The minimum Gasteiger partial charge on any atom is -0.472 e. The minimum atomic E-state index is 0.882. The smallest absolute Gasteiger partial charge is 0.0947 e. The first kappa shape index (κ1) is 13.3. The average molecular weight is 264 g/mol. The minimum absolute atomic E-state index is 0.882. The first-order chi connectivity index (χ1) is 8.88. The summed E-state index contributed by atoms with van der Waals surface area (Å²) in [4.78, 5) is 3.89. The first-order valence-electron chi connectivity index (χ1n) is 6.35. The molecule has 0 unspecified atom stereocenters. The van der Waals surface area contributed by atoms with Gasteiger partial charge in [0.15, 0.2) is 0 Å². The van der Waals surface area contributed by atoms with Gasteiger partial charge >= 0.3 is 0 Å². The molecule has 2 aromatic rings. The lowest BCUT2D eigenvalue weighted by Gasteiger charge is -2.19. The highest BCUT2D eigenvalue weighted by atomic mass is 32.1. The molecule has 0 aliphatic carbocycles. The van der Waals surface area contributed by atoms with E-state index in [9.17, 15) is 0 Å². The van der Waals surface area contributed by atoms with E-state index >= 15 is 0 Å². The number of likely N-dealkylation sites (N-methyl/N-ethyl adjacent to an activating group) is 1. The highest BCUT2D eigenvalue weighted by Gasteiger charge is 2.04. The lowest BCUT2D eigenvalue weighted by atomic mass is 10.3. The summed E-state index contributed by atoms with van der Waals surface area (Å²) >= 11 is 1.83. The molecule has 1 N–H and O–H groups in total. The second kappa shape index (κ2) is 7.36. The van der Waals surface area contributed by atoms with Gasteiger partial charge in [0.1, 0.15) is 0 Å². The molecule has 0 aromatic carbocycles. The van der Waals surface area contributed by atoms with Crippen molar-refractivity contribution in [2.45, 2.75) is 20.0 Å². The van der Waals surface area contributed by atoms with E-state index in [0.29, 0.717) is 0 Å². The van der Waals surface area contributed by atoms with Crippen LogP contribution < -0.4 is 5.32 Å². The summed E-state index contributed by atoms with van der Waals surface area (Å²) in [6.07, 6.45) is 3.50. The molecule has 0 saturated heterocycles. The van der Waals surface area contributed by atoms with Crippen LogP contribution in [0.25, 0.3) is 0 Å². The third-order valence-corrected chi connectivity index (χ3v) is 3.78. The van der Waals surface area contributed by atoms with Crippen LogP contribution in [0, 0.1) is 0 Å². The van der Waals surface area contributed by atoms with Crippen LogP contribution in [0.1, 0.15) is 17.4 Å². The maximum Gasteiger partial charge on any atom is 0.0947 e. The summed E-state index contributed by atoms with van der Waals surface area (Å²) in [6, 6.07) is 6.31. The molecule has 4 heteroatoms. The standard InChI is InChI=1S/C14H20N2OS/c1-2-16(11-14-4-3-9-18-14)7-6-15-10-13-5-8-17-12-13/h3-5,8-9,12,15H,2,6-7,10-11H2,1H3. The maximum atomic E-state index is 5.03. The summed E-state index contributed by atoms with van der Waals surface area (Å²) in [5, 5.41) is 5.57. The summed E-state index contributed by atoms with van der Waals surface area (Å²) in [5.41, 5.74) is 1.20. The van der Waals surface area contributed by atoms with E-state index < -0.39 is 0 Å². The summed E-state index contributed by atoms with van der Waals surface area (Å²) in [5.74, 6) is 0. The van der Waals surface area contributed by atoms with Crippen molar-refractivity contribution in [3.63, 3.8) is 0 Å². The number of thiophene rings is 1. The van der Waals surface area contributed by atoms with Crippen molar-refractivity contribution < 1.29 is 4.42 Å². The predicted molar refractivity (Wildman–Crippen MR) is 75.7 cm³/mol. The molecule has 98 valence electrons. The largest absolute Gasteiger partial charge is 0.472 e. The molecule has 0 spiro atoms. The normalized spacial score (nSPS) is 11.2. The molecule has 0 aliphatic heterocycles. The monoisotopic (exact) mass is 264 g/mol. The van der Waals surface area contributed by atoms with Crippen LogP contribution in [-0.4, -0.2) is 24.5 Å². The second-order valence-corrected chi connectivity index (χ2v) is 5.29. The Morgan fingerprint density at radius 2 is 2.33 bits per heavy atom. The number of hydrogen-bond donors (Lipinski definition) is 1. The van der Waals surface area contributed by atoms with Crippen molar-refractivity contribution in [2.75, 3.05) is 19.6 Å². The van der Waals surface area contributed by atoms with E-state index in [1.807, 2.05) is 17.4 Å². The Kier molecular flexibility index (Phi) is 5.45. The number of furan rings is 1. The van der Waals surface area contributed by atoms with Gasteiger partial charge in [-0.3, -0.25) is 4.90 Å². The van der Waals surface area contributed by atoms with E-state index in [1.54, 1.807) is 12.5 Å². The molecule has 2 rings (SSSR count). The van der Waals surface area contributed by atoms with E-state index in [1.165, 1.54) is 10.4 Å². The molecular formula is C14H20N2OS. The van der Waals surface area contributed by atoms with Gasteiger partial charge in [-0.05, 0) is 24.1 Å². The first-order valence-corrected chi connectivity index (χ1v) is 7.23. The fourth-order valence-corrected chi connectivity index (χ4v) is 2.58. The van der Waals surface area contributed by atoms with Gasteiger partial charge in [-0.2, -0.15) is 0 Å². The zero-order valence-electron chi connectivity index (χ0n) is 10.8. The van der Waals surface area contributed by atoms with Gasteiger partial charge in [0.2, 0.25) is 0 Å². The molecule has 0 fully saturated rings. The quantitative estimate of drug-likeness (QED) is 0.743. The van der Waals surface area contributed by atoms with E-state index in [4.69, 9.17) is 4.42 Å². The molecule has 2 heterocycles. The highest BCUT2D eigenvalue weighted by molar-refractivity contribution is 7.09. The zero-order valence-corrected chi connectivity index (χ0v) is 11.6. The van der Waals surface area contributed by atoms with Gasteiger partial charge in [0.05, 0.1) is 12.5 Å². The van der Waals surface area contributed by atoms with Gasteiger partial charge in [-0.1, -0.05) is 13.0 Å². The number of nitrogens with zero attached hydrogens (tertiary/aromatic N) is 1. The zero-order chi connectivity index (χ0) is 12.6. The van der Waals surface area contributed by atoms with Crippen LogP contribution in [-0.2, 0) is 13.1 Å². The van der Waals surface area contributed by atoms with Crippen LogP contribution in [0.5, 0.6) is 0 Å². The third-order valence-electron chi connectivity index (χ3n) is 2.92. The molecule has 18 heavy (non-hydrogen) atoms. The van der Waals surface area contributed by atoms with Crippen LogP contribution in [0.4, 0.5) is 0 Å². The third kappa shape index (κ3) is 4.29. The van der Waals surface area contributed by atoms with Gasteiger partial charge in [-0.15, -0.1) is 11.3 Å². The Balaban J connectivity index is 1.64. The fourth-order valence-electron chi connectivity index (χ4n) is 1.84. The predicted octanol–water partition coefficient (Wildman–Crippen LogP) is 2.95. The molecule has 0 atom stereocenters. The van der Waals surface area contributed by atoms with Gasteiger partial charge < -0.3 is 9.73 Å². The van der Waals surface area contributed by atoms with Gasteiger partial charge in [0, 0.05) is 36.6 Å². The van der Waals surface area contributed by atoms with Crippen LogP contribution in [0.3, 0.4) is 0 Å². The van der Waals surface area contributed by atoms with Crippen LogP contribution in [0.2, 0.25) is 0 Å². The van der Waals surface area contributed by atoms with E-state index in [2.05, 4.69) is 34.7 Å². The summed E-state index contributed by atoms with van der Waals surface area (Å²) < 4.78 is 5.03. The summed E-state index contributed by atoms with van der Waals surface area (Å²) in [7, 11) is 0. The maximum absolute atomic E-state index is 5.03. The van der Waals surface area contributed by atoms with Crippen LogP contribution in [0.15, 0.2) is 40.5 Å². The Morgan fingerprint density at radius 1 is 1.39 bits per heavy atom. The molecule has 0 bridgehead atoms. The molecule has 0 saturated carbocycles. The van der Waals surface area contributed by atoms with Crippen molar-refractivity contribution in [3.8, 4) is 0 Å². The lowest BCUT2D eigenvalue weighted by Crippen LogP contribution is -2.31. The van der Waals surface area contributed by atoms with Crippen molar-refractivity contribution in [1.29, 1.82) is 0 Å². The van der Waals surface area contributed by atoms with Crippen LogP contribution >= 0.6 is 11.3 Å². The number of rotatable bonds is 8. The number of nitrogens with one attached hydrogen (secondary N) is 1. The highest BCUT2D eigenvalue weighted by Crippen LogP contribution is 2.11. The molecule has 0 aliphatic rings. The van der Waals surface area contributed by atoms with Crippen molar-refractivity contribution in [1.82, 2.24) is 10.2 Å². The number of hydrogen-bond acceptors (Lipinski definition) is 4. The second-order valence-electron chi connectivity index (χ2n) is 4.26. The Hall–Kier alpha value is -1.10. The van der Waals surface area contributed by atoms with Gasteiger partial charge in [0.25, 0.3) is 0 Å². The molecule has 0 radical (unpaired) electrons. The van der Waals surface area contributed by atoms with Gasteiger partial charge in [-0.25, -0.2) is 0 Å². The fraction of sp³-hybridized carbons (Fsp3) is 0.429. The van der Waals surface area contributed by atoms with E-state index in [0.717, 1.165) is 32.7 Å². The molecule has 2 aromatic heterocycles. The topological polar surface area (TPSA) is 28.4 Å². The van der Waals surface area contributed by atoms with E-state index in [-0.39, 0.29) is 0 Å². The Labute approximate surface area is 112 Å². The van der Waals surface area contributed by atoms with Crippen molar-refractivity contribution in [3.05, 3.63) is 46.5 Å². The molecular weight excluding hydrogens is 244 g/mol. The average Bonchev–Trinajstić information content (AvgIpc) is 3.06. The molecule has 0 amide bonds. The lowest BCUT2D eigenvalue weighted by molar-refractivity contribution is 0.281. The SMILES string of the molecule is CCN(CCNCc1ccoc1)Cc1cccs1. The van der Waals surface area contributed by atoms with Crippen molar-refractivity contribution >= 4 is 11.3 Å². The Morgan fingerprint density at radius 3 is 3.00 bits per heavy atom. The Bertz CT molecular complexity index is 411.